The molecular weight excluding hydrogens is 370 g/mol. The number of imidazole rings is 1. The van der Waals surface area contributed by atoms with Gasteiger partial charge in [0.2, 0.25) is 12.0 Å². The third-order valence-corrected chi connectivity index (χ3v) is 6.71. The summed E-state index contributed by atoms with van der Waals surface area (Å²) in [5.41, 5.74) is 0.722. The first-order valence-electron chi connectivity index (χ1n) is 9.56. The lowest BCUT2D eigenvalue weighted by atomic mass is 9.95. The number of ether oxygens (including phenoxy) is 2. The summed E-state index contributed by atoms with van der Waals surface area (Å²) in [6.07, 6.45) is 1.05. The Morgan fingerprint density at radius 2 is 2.07 bits per heavy atom. The van der Waals surface area contributed by atoms with Crippen molar-refractivity contribution in [3.63, 3.8) is 0 Å². The van der Waals surface area contributed by atoms with E-state index in [4.69, 9.17) is 9.47 Å². The smallest absolute Gasteiger partial charge is 0.253 e. The first-order chi connectivity index (χ1) is 13.6. The Kier molecular flexibility index (Phi) is 3.45. The van der Waals surface area contributed by atoms with E-state index in [0.717, 1.165) is 19.2 Å². The summed E-state index contributed by atoms with van der Waals surface area (Å²) in [5.74, 6) is 1.27. The Balaban J connectivity index is 1.34. The molecule has 4 aliphatic rings. The predicted molar refractivity (Wildman–Crippen MR) is 91.8 cm³/mol. The van der Waals surface area contributed by atoms with Crippen LogP contribution < -0.4 is 10.0 Å². The molecule has 11 heteroatoms. The number of hydrogen-bond acceptors (Lipinski definition) is 9. The van der Waals surface area contributed by atoms with E-state index in [1.807, 2.05) is 0 Å². The van der Waals surface area contributed by atoms with Gasteiger partial charge in [-0.25, -0.2) is 9.71 Å². The SMILES string of the molecule is [O-][n+]1cnc2c(ncn2[C@@H]2O[C@H](CO)C(O)C2O)c1NC1CC2CC1C1OC21. The Hall–Kier alpha value is -2.05. The Labute approximate surface area is 159 Å². The van der Waals surface area contributed by atoms with Crippen molar-refractivity contribution in [1.82, 2.24) is 14.5 Å². The molecule has 9 atom stereocenters. The maximum Gasteiger partial charge on any atom is 0.253 e. The second-order valence-electron chi connectivity index (χ2n) is 8.18. The highest BCUT2D eigenvalue weighted by atomic mass is 16.6. The maximum atomic E-state index is 12.4. The molecule has 0 amide bonds. The Morgan fingerprint density at radius 1 is 1.21 bits per heavy atom. The molecule has 2 aliphatic carbocycles. The fourth-order valence-electron chi connectivity index (χ4n) is 5.29. The first kappa shape index (κ1) is 16.9. The van der Waals surface area contributed by atoms with Gasteiger partial charge in [-0.3, -0.25) is 4.57 Å². The van der Waals surface area contributed by atoms with Gasteiger partial charge in [0.25, 0.3) is 5.82 Å². The van der Waals surface area contributed by atoms with Crippen LogP contribution >= 0.6 is 0 Å². The average Bonchev–Trinajstić information content (AvgIpc) is 2.97. The summed E-state index contributed by atoms with van der Waals surface area (Å²) in [4.78, 5) is 8.47. The largest absolute Gasteiger partial charge is 0.740 e. The number of aliphatic hydroxyl groups excluding tert-OH is 3. The van der Waals surface area contributed by atoms with Crippen LogP contribution in [-0.2, 0) is 9.47 Å². The van der Waals surface area contributed by atoms with Crippen molar-refractivity contribution in [3.8, 4) is 0 Å². The van der Waals surface area contributed by atoms with E-state index in [0.29, 0.717) is 45.8 Å². The summed E-state index contributed by atoms with van der Waals surface area (Å²) in [6.45, 7) is -0.420. The van der Waals surface area contributed by atoms with Crippen LogP contribution in [0, 0.1) is 17.0 Å². The van der Waals surface area contributed by atoms with Gasteiger partial charge in [0.1, 0.15) is 24.6 Å². The number of anilines is 1. The minimum absolute atomic E-state index is 0.151. The molecular formula is C17H21N5O6. The molecule has 11 nitrogen and oxygen atoms in total. The quantitative estimate of drug-likeness (QED) is 0.270. The van der Waals surface area contributed by atoms with Crippen LogP contribution in [0.5, 0.6) is 0 Å². The van der Waals surface area contributed by atoms with Crippen LogP contribution in [0.4, 0.5) is 5.82 Å². The molecule has 2 saturated carbocycles. The van der Waals surface area contributed by atoms with Crippen molar-refractivity contribution in [2.45, 2.75) is 55.6 Å². The molecule has 4 fully saturated rings. The number of epoxide rings is 1. The summed E-state index contributed by atoms with van der Waals surface area (Å²) in [7, 11) is 0. The molecule has 7 unspecified atom stereocenters. The number of nitrogens with one attached hydrogen (secondary N) is 1. The molecule has 2 aliphatic heterocycles. The standard InChI is InChI=1S/C17H21N5O6/c23-3-9-11(24)12(25)17(27-9)21-4-18-10-15(21)19-5-22(26)16(10)20-8-2-6-1-7(8)14-13(6)28-14/h4-9,11-14,17,20,23-25H,1-3H2/t6?,7?,8?,9-,11?,12?,13?,14?,17-/m1/s1. The van der Waals surface area contributed by atoms with Crippen molar-refractivity contribution >= 4 is 17.0 Å². The number of nitrogens with zero attached hydrogens (tertiary/aromatic N) is 4. The molecule has 150 valence electrons. The molecule has 2 aromatic heterocycles. The monoisotopic (exact) mass is 391 g/mol. The number of fused-ring (bicyclic) bond motifs is 6. The molecule has 0 aromatic carbocycles. The summed E-state index contributed by atoms with van der Waals surface area (Å²) in [6, 6.07) is 0.151. The minimum atomic E-state index is -1.25. The third kappa shape index (κ3) is 2.19. The minimum Gasteiger partial charge on any atom is -0.740 e. The summed E-state index contributed by atoms with van der Waals surface area (Å²) in [5, 5.41) is 45.4. The van der Waals surface area contributed by atoms with Gasteiger partial charge < -0.3 is 35.3 Å². The average molecular weight is 391 g/mol. The lowest BCUT2D eigenvalue weighted by molar-refractivity contribution is -0.592. The van der Waals surface area contributed by atoms with E-state index in [1.54, 1.807) is 0 Å². The molecule has 2 bridgehead atoms. The second kappa shape index (κ2) is 5.74. The van der Waals surface area contributed by atoms with E-state index < -0.39 is 31.1 Å². The highest BCUT2D eigenvalue weighted by Crippen LogP contribution is 2.56. The fourth-order valence-corrected chi connectivity index (χ4v) is 5.29. The van der Waals surface area contributed by atoms with Gasteiger partial charge in [0.15, 0.2) is 11.7 Å². The van der Waals surface area contributed by atoms with Crippen molar-refractivity contribution in [3.05, 3.63) is 17.9 Å². The lowest BCUT2D eigenvalue weighted by Gasteiger charge is -2.21. The molecule has 0 radical (unpaired) electrons. The van der Waals surface area contributed by atoms with Gasteiger partial charge in [-0.1, -0.05) is 4.98 Å². The van der Waals surface area contributed by atoms with Gasteiger partial charge >= 0.3 is 0 Å². The zero-order valence-corrected chi connectivity index (χ0v) is 14.8. The highest BCUT2D eigenvalue weighted by molar-refractivity contribution is 5.81. The van der Waals surface area contributed by atoms with E-state index >= 15 is 0 Å². The predicted octanol–water partition coefficient (Wildman–Crippen LogP) is -1.74. The zero-order chi connectivity index (χ0) is 19.2. The molecule has 28 heavy (non-hydrogen) atoms. The fraction of sp³-hybridized carbons (Fsp3) is 0.706. The van der Waals surface area contributed by atoms with Crippen molar-refractivity contribution in [2.75, 3.05) is 11.9 Å². The Morgan fingerprint density at radius 3 is 2.79 bits per heavy atom. The Bertz CT molecular complexity index is 938. The number of aromatic nitrogens is 4. The highest BCUT2D eigenvalue weighted by Gasteiger charge is 2.64. The van der Waals surface area contributed by atoms with Gasteiger partial charge in [-0.2, -0.15) is 0 Å². The maximum absolute atomic E-state index is 12.4. The molecule has 4 N–H and O–H groups in total. The number of rotatable bonds is 4. The zero-order valence-electron chi connectivity index (χ0n) is 14.8. The van der Waals surface area contributed by atoms with Gasteiger partial charge in [-0.15, -0.1) is 0 Å². The third-order valence-electron chi connectivity index (χ3n) is 6.71. The molecule has 4 heterocycles. The van der Waals surface area contributed by atoms with Crippen LogP contribution in [-0.4, -0.2) is 73.0 Å². The first-order valence-corrected chi connectivity index (χ1v) is 9.56. The van der Waals surface area contributed by atoms with E-state index in [-0.39, 0.29) is 6.04 Å². The van der Waals surface area contributed by atoms with Crippen LogP contribution in [0.1, 0.15) is 19.1 Å². The van der Waals surface area contributed by atoms with Gasteiger partial charge in [-0.05, 0) is 18.8 Å². The molecule has 0 spiro atoms. The molecule has 6 rings (SSSR count). The van der Waals surface area contributed by atoms with Gasteiger partial charge in [0, 0.05) is 5.92 Å². The molecule has 2 aromatic rings. The normalized spacial score (nSPS) is 43.6. The topological polar surface area (TPSA) is 152 Å². The lowest BCUT2D eigenvalue weighted by Crippen LogP contribution is -2.38. The van der Waals surface area contributed by atoms with Crippen LogP contribution in [0.2, 0.25) is 0 Å². The number of aliphatic hydroxyl groups is 3. The summed E-state index contributed by atoms with van der Waals surface area (Å²) < 4.78 is 13.4. The van der Waals surface area contributed by atoms with Crippen molar-refractivity contribution in [1.29, 1.82) is 0 Å². The summed E-state index contributed by atoms with van der Waals surface area (Å²) >= 11 is 0. The van der Waals surface area contributed by atoms with Crippen LogP contribution in [0.15, 0.2) is 12.7 Å². The van der Waals surface area contributed by atoms with Crippen molar-refractivity contribution in [2.24, 2.45) is 11.8 Å². The van der Waals surface area contributed by atoms with Crippen LogP contribution in [0.3, 0.4) is 0 Å². The number of hydrogen-bond donors (Lipinski definition) is 4. The van der Waals surface area contributed by atoms with E-state index in [2.05, 4.69) is 15.3 Å². The second-order valence-corrected chi connectivity index (χ2v) is 8.18. The van der Waals surface area contributed by atoms with E-state index in [1.165, 1.54) is 10.9 Å². The molecule has 2 saturated heterocycles. The van der Waals surface area contributed by atoms with Crippen LogP contribution in [0.25, 0.3) is 11.2 Å². The van der Waals surface area contributed by atoms with Crippen molar-refractivity contribution < 1.29 is 29.5 Å². The van der Waals surface area contributed by atoms with E-state index in [9.17, 15) is 20.5 Å². The van der Waals surface area contributed by atoms with Gasteiger partial charge in [0.05, 0.1) is 24.9 Å².